The van der Waals surface area contributed by atoms with E-state index in [2.05, 4.69) is 37.4 Å². The first-order valence-corrected chi connectivity index (χ1v) is 7.87. The molecule has 124 valence electrons. The third kappa shape index (κ3) is 4.30. The second-order valence-corrected chi connectivity index (χ2v) is 5.83. The van der Waals surface area contributed by atoms with Gasteiger partial charge in [-0.3, -0.25) is 4.79 Å². The van der Waals surface area contributed by atoms with Crippen LogP contribution in [0.5, 0.6) is 0 Å². The minimum absolute atomic E-state index is 0.0500. The van der Waals surface area contributed by atoms with E-state index in [4.69, 9.17) is 9.47 Å². The van der Waals surface area contributed by atoms with Crippen LogP contribution in [0.15, 0.2) is 48.1 Å². The number of ether oxygens (including phenoxy) is 2. The molecule has 0 heterocycles. The van der Waals surface area contributed by atoms with Gasteiger partial charge in [0.1, 0.15) is 0 Å². The van der Waals surface area contributed by atoms with Crippen molar-refractivity contribution in [3.05, 3.63) is 59.2 Å². The predicted octanol–water partition coefficient (Wildman–Crippen LogP) is 3.16. The van der Waals surface area contributed by atoms with Crippen LogP contribution in [-0.2, 0) is 20.9 Å². The molecular weight excluding hydrogens is 290 g/mol. The number of methoxy groups -OCH3 is 1. The van der Waals surface area contributed by atoms with Crippen molar-refractivity contribution in [3.63, 3.8) is 0 Å². The minimum atomic E-state index is -0.624. The Morgan fingerprint density at radius 1 is 1.35 bits per heavy atom. The normalized spacial score (nSPS) is 21.7. The van der Waals surface area contributed by atoms with Crippen LogP contribution in [0.1, 0.15) is 31.1 Å². The number of hydrogen-bond acceptors (Lipinski definition) is 3. The molecule has 3 atom stereocenters. The van der Waals surface area contributed by atoms with E-state index < -0.39 is 6.10 Å². The zero-order valence-electron chi connectivity index (χ0n) is 14.2. The molecule has 0 spiro atoms. The van der Waals surface area contributed by atoms with E-state index in [-0.39, 0.29) is 12.0 Å². The molecule has 0 aromatic heterocycles. The lowest BCUT2D eigenvalue weighted by molar-refractivity contribution is -0.130. The van der Waals surface area contributed by atoms with Crippen molar-refractivity contribution < 1.29 is 14.3 Å². The molecule has 2 rings (SSSR count). The van der Waals surface area contributed by atoms with Crippen molar-refractivity contribution in [2.24, 2.45) is 5.92 Å². The van der Waals surface area contributed by atoms with Crippen molar-refractivity contribution in [1.29, 1.82) is 0 Å². The van der Waals surface area contributed by atoms with Crippen molar-refractivity contribution in [3.8, 4) is 0 Å². The zero-order valence-corrected chi connectivity index (χ0v) is 14.2. The number of benzene rings is 1. The summed E-state index contributed by atoms with van der Waals surface area (Å²) in [5.41, 5.74) is 3.02. The van der Waals surface area contributed by atoms with Gasteiger partial charge in [0.15, 0.2) is 6.10 Å². The van der Waals surface area contributed by atoms with E-state index in [0.29, 0.717) is 12.5 Å². The van der Waals surface area contributed by atoms with Gasteiger partial charge in [0, 0.05) is 20.1 Å². The van der Waals surface area contributed by atoms with Crippen molar-refractivity contribution in [2.75, 3.05) is 14.2 Å². The fourth-order valence-corrected chi connectivity index (χ4v) is 2.69. The lowest BCUT2D eigenvalue weighted by atomic mass is 9.96. The van der Waals surface area contributed by atoms with Gasteiger partial charge >= 0.3 is 0 Å². The van der Waals surface area contributed by atoms with Gasteiger partial charge in [-0.2, -0.15) is 0 Å². The summed E-state index contributed by atoms with van der Waals surface area (Å²) in [6, 6.07) is 7.74. The topological polar surface area (TPSA) is 47.6 Å². The highest BCUT2D eigenvalue weighted by Gasteiger charge is 2.23. The van der Waals surface area contributed by atoms with Crippen LogP contribution in [0.2, 0.25) is 0 Å². The SMILES string of the molecule is CNC(=O)C(OC)c1ccccc1COC1C=C(C)C=CC1C. The highest BCUT2D eigenvalue weighted by molar-refractivity contribution is 5.82. The van der Waals surface area contributed by atoms with E-state index in [0.717, 1.165) is 11.1 Å². The molecule has 23 heavy (non-hydrogen) atoms. The van der Waals surface area contributed by atoms with Gasteiger partial charge in [0.25, 0.3) is 5.91 Å². The predicted molar refractivity (Wildman–Crippen MR) is 90.9 cm³/mol. The highest BCUT2D eigenvalue weighted by Crippen LogP contribution is 2.25. The molecule has 0 fully saturated rings. The largest absolute Gasteiger partial charge is 0.369 e. The fraction of sp³-hybridized carbons (Fsp3) is 0.421. The van der Waals surface area contributed by atoms with Gasteiger partial charge in [-0.25, -0.2) is 0 Å². The summed E-state index contributed by atoms with van der Waals surface area (Å²) in [5, 5.41) is 2.64. The number of amides is 1. The van der Waals surface area contributed by atoms with Gasteiger partial charge in [-0.15, -0.1) is 0 Å². The van der Waals surface area contributed by atoms with Crippen LogP contribution in [-0.4, -0.2) is 26.2 Å². The van der Waals surface area contributed by atoms with Crippen molar-refractivity contribution in [1.82, 2.24) is 5.32 Å². The second-order valence-electron chi connectivity index (χ2n) is 5.83. The average molecular weight is 315 g/mol. The molecule has 1 aromatic rings. The van der Waals surface area contributed by atoms with Crippen molar-refractivity contribution in [2.45, 2.75) is 32.7 Å². The summed E-state index contributed by atoms with van der Waals surface area (Å²) < 4.78 is 11.5. The number of likely N-dealkylation sites (N-methyl/N-ethyl adjacent to an activating group) is 1. The van der Waals surface area contributed by atoms with E-state index in [9.17, 15) is 4.79 Å². The Bertz CT molecular complexity index is 606. The third-order valence-electron chi connectivity index (χ3n) is 4.10. The quantitative estimate of drug-likeness (QED) is 0.877. The maximum absolute atomic E-state index is 12.0. The Morgan fingerprint density at radius 3 is 2.78 bits per heavy atom. The molecule has 1 amide bonds. The lowest BCUT2D eigenvalue weighted by Crippen LogP contribution is -2.28. The standard InChI is InChI=1S/C19H25NO3/c1-13-9-10-14(2)17(11-13)23-12-15-7-5-6-8-16(15)18(22-4)19(21)20-3/h5-11,14,17-18H,12H2,1-4H3,(H,20,21). The molecule has 1 aromatic carbocycles. The van der Waals surface area contributed by atoms with E-state index in [1.54, 1.807) is 7.05 Å². The van der Waals surface area contributed by atoms with Gasteiger partial charge < -0.3 is 14.8 Å². The molecule has 1 aliphatic rings. The molecule has 4 nitrogen and oxygen atoms in total. The summed E-state index contributed by atoms with van der Waals surface area (Å²) in [6.07, 6.45) is 5.84. The Labute approximate surface area is 138 Å². The average Bonchev–Trinajstić information content (AvgIpc) is 2.57. The van der Waals surface area contributed by atoms with Crippen LogP contribution >= 0.6 is 0 Å². The number of nitrogens with one attached hydrogen (secondary N) is 1. The Balaban J connectivity index is 2.14. The zero-order chi connectivity index (χ0) is 16.8. The molecule has 0 saturated carbocycles. The minimum Gasteiger partial charge on any atom is -0.369 e. The summed E-state index contributed by atoms with van der Waals surface area (Å²) in [6.45, 7) is 4.65. The number of allylic oxidation sites excluding steroid dienone is 2. The Kier molecular flexibility index (Phi) is 6.13. The maximum Gasteiger partial charge on any atom is 0.253 e. The first-order valence-electron chi connectivity index (χ1n) is 7.87. The highest BCUT2D eigenvalue weighted by atomic mass is 16.5. The first kappa shape index (κ1) is 17.4. The van der Waals surface area contributed by atoms with Crippen LogP contribution < -0.4 is 5.32 Å². The molecule has 0 radical (unpaired) electrons. The van der Waals surface area contributed by atoms with E-state index in [1.165, 1.54) is 12.7 Å². The molecular formula is C19H25NO3. The smallest absolute Gasteiger partial charge is 0.253 e. The Morgan fingerprint density at radius 2 is 2.09 bits per heavy atom. The molecule has 3 unspecified atom stereocenters. The molecule has 4 heteroatoms. The summed E-state index contributed by atoms with van der Waals surface area (Å²) in [7, 11) is 3.15. The fourth-order valence-electron chi connectivity index (χ4n) is 2.69. The first-order chi connectivity index (χ1) is 11.1. The van der Waals surface area contributed by atoms with Crippen LogP contribution in [0, 0.1) is 5.92 Å². The van der Waals surface area contributed by atoms with Gasteiger partial charge in [0.05, 0.1) is 12.7 Å². The number of hydrogen-bond donors (Lipinski definition) is 1. The van der Waals surface area contributed by atoms with Gasteiger partial charge in [0.2, 0.25) is 0 Å². The number of carbonyl (C=O) groups excluding carboxylic acids is 1. The third-order valence-corrected chi connectivity index (χ3v) is 4.10. The Hall–Kier alpha value is -1.91. The molecule has 0 bridgehead atoms. The van der Waals surface area contributed by atoms with Gasteiger partial charge in [-0.05, 0) is 18.1 Å². The van der Waals surface area contributed by atoms with Crippen molar-refractivity contribution >= 4 is 5.91 Å². The number of carbonyl (C=O) groups is 1. The molecule has 0 saturated heterocycles. The number of rotatable bonds is 6. The van der Waals surface area contributed by atoms with Crippen LogP contribution in [0.25, 0.3) is 0 Å². The molecule has 1 aliphatic carbocycles. The molecule has 1 N–H and O–H groups in total. The van der Waals surface area contributed by atoms with E-state index >= 15 is 0 Å². The van der Waals surface area contributed by atoms with Crippen LogP contribution in [0.4, 0.5) is 0 Å². The summed E-state index contributed by atoms with van der Waals surface area (Å²) >= 11 is 0. The lowest BCUT2D eigenvalue weighted by Gasteiger charge is -2.24. The second kappa shape index (κ2) is 8.09. The van der Waals surface area contributed by atoms with Gasteiger partial charge in [-0.1, -0.05) is 55.0 Å². The molecule has 0 aliphatic heterocycles. The summed E-state index contributed by atoms with van der Waals surface area (Å²) in [4.78, 5) is 12.0. The monoisotopic (exact) mass is 315 g/mol. The van der Waals surface area contributed by atoms with E-state index in [1.807, 2.05) is 24.3 Å². The maximum atomic E-state index is 12.0. The summed E-state index contributed by atoms with van der Waals surface area (Å²) in [5.74, 6) is 0.174. The van der Waals surface area contributed by atoms with Crippen LogP contribution in [0.3, 0.4) is 0 Å².